The molecule has 4 aromatic rings. The lowest BCUT2D eigenvalue weighted by molar-refractivity contribution is 0.104. The van der Waals surface area contributed by atoms with Gasteiger partial charge in [0.15, 0.2) is 0 Å². The predicted octanol–water partition coefficient (Wildman–Crippen LogP) is 3.99. The highest BCUT2D eigenvalue weighted by atomic mass is 32.1. The Bertz CT molecular complexity index is 980. The van der Waals surface area contributed by atoms with Gasteiger partial charge in [0.05, 0.1) is 15.1 Å². The second-order valence-electron chi connectivity index (χ2n) is 5.05. The number of pyridine rings is 1. The van der Waals surface area contributed by atoms with Crippen LogP contribution in [0, 0.1) is 0 Å². The fourth-order valence-electron chi connectivity index (χ4n) is 2.30. The number of ketones is 1. The van der Waals surface area contributed by atoms with Crippen LogP contribution < -0.4 is 5.32 Å². The van der Waals surface area contributed by atoms with Gasteiger partial charge in [0.25, 0.3) is 0 Å². The Balaban J connectivity index is 1.68. The van der Waals surface area contributed by atoms with Crippen molar-refractivity contribution >= 4 is 44.6 Å². The third-order valence-electron chi connectivity index (χ3n) is 3.44. The van der Waals surface area contributed by atoms with E-state index in [0.717, 1.165) is 15.8 Å². The summed E-state index contributed by atoms with van der Waals surface area (Å²) in [6, 6.07) is 9.44. The number of carbonyl (C=O) groups excluding carboxylic acids is 1. The molecule has 24 heavy (non-hydrogen) atoms. The molecular weight excluding hydrogens is 340 g/mol. The Morgan fingerprint density at radius 2 is 2.04 bits per heavy atom. The molecule has 4 rings (SSSR count). The smallest absolute Gasteiger partial charge is 0.224 e. The topological polar surface area (TPSA) is 67.8 Å². The maximum atomic E-state index is 12.7. The average Bonchev–Trinajstić information content (AvgIpc) is 3.31. The van der Waals surface area contributed by atoms with E-state index in [2.05, 4.69) is 20.3 Å². The summed E-state index contributed by atoms with van der Waals surface area (Å²) >= 11 is 2.90. The van der Waals surface area contributed by atoms with Crippen LogP contribution >= 0.6 is 22.7 Å². The highest BCUT2D eigenvalue weighted by Crippen LogP contribution is 2.26. The zero-order valence-electron chi connectivity index (χ0n) is 12.5. The lowest BCUT2D eigenvalue weighted by atomic mass is 10.2. The molecular formula is C17H12N4OS2. The SMILES string of the molecule is O=C(c1cccs1)c1nc(NCc2cccnc2)nc2ccsc12. The number of thiophene rings is 2. The molecule has 0 saturated carbocycles. The predicted molar refractivity (Wildman–Crippen MR) is 96.7 cm³/mol. The van der Waals surface area contributed by atoms with E-state index in [1.54, 1.807) is 12.4 Å². The summed E-state index contributed by atoms with van der Waals surface area (Å²) < 4.78 is 0.820. The molecule has 0 spiro atoms. The molecule has 0 unspecified atom stereocenters. The first-order valence-electron chi connectivity index (χ1n) is 7.27. The number of nitrogens with zero attached hydrogens (tertiary/aromatic N) is 3. The van der Waals surface area contributed by atoms with Crippen molar-refractivity contribution in [2.24, 2.45) is 0 Å². The van der Waals surface area contributed by atoms with Gasteiger partial charge >= 0.3 is 0 Å². The van der Waals surface area contributed by atoms with Crippen molar-refractivity contribution in [2.45, 2.75) is 6.54 Å². The number of hydrogen-bond acceptors (Lipinski definition) is 7. The van der Waals surface area contributed by atoms with Gasteiger partial charge in [-0.2, -0.15) is 0 Å². The molecule has 0 aliphatic heterocycles. The fourth-order valence-corrected chi connectivity index (χ4v) is 3.79. The van der Waals surface area contributed by atoms with Crippen LogP contribution in [0.2, 0.25) is 0 Å². The first-order valence-corrected chi connectivity index (χ1v) is 9.03. The molecule has 0 atom stereocenters. The molecule has 1 N–H and O–H groups in total. The van der Waals surface area contributed by atoms with Gasteiger partial charge in [-0.25, -0.2) is 9.97 Å². The summed E-state index contributed by atoms with van der Waals surface area (Å²) in [5, 5.41) is 6.99. The van der Waals surface area contributed by atoms with Crippen LogP contribution in [-0.2, 0) is 6.54 Å². The highest BCUT2D eigenvalue weighted by Gasteiger charge is 2.18. The summed E-state index contributed by atoms with van der Waals surface area (Å²) in [6.07, 6.45) is 3.52. The van der Waals surface area contributed by atoms with Crippen LogP contribution in [0.3, 0.4) is 0 Å². The van der Waals surface area contributed by atoms with Gasteiger partial charge in [-0.05, 0) is 34.5 Å². The standard InChI is InChI=1S/C17H12N4OS2/c22-15(13-4-2-7-23-13)14-16-12(5-8-24-16)20-17(21-14)19-10-11-3-1-6-18-9-11/h1-9H,10H2,(H,19,20,21). The first kappa shape index (κ1) is 14.9. The van der Waals surface area contributed by atoms with E-state index < -0.39 is 0 Å². The minimum absolute atomic E-state index is 0.0655. The molecule has 5 nitrogen and oxygen atoms in total. The van der Waals surface area contributed by atoms with Crippen molar-refractivity contribution in [3.05, 3.63) is 69.6 Å². The molecule has 0 aromatic carbocycles. The summed E-state index contributed by atoms with van der Waals surface area (Å²) in [4.78, 5) is 26.5. The number of carbonyl (C=O) groups is 1. The quantitative estimate of drug-likeness (QED) is 0.550. The van der Waals surface area contributed by atoms with E-state index in [9.17, 15) is 4.79 Å². The van der Waals surface area contributed by atoms with E-state index in [1.165, 1.54) is 22.7 Å². The zero-order valence-corrected chi connectivity index (χ0v) is 14.1. The van der Waals surface area contributed by atoms with Crippen LogP contribution in [0.1, 0.15) is 20.9 Å². The van der Waals surface area contributed by atoms with Crippen molar-refractivity contribution in [3.8, 4) is 0 Å². The molecule has 0 bridgehead atoms. The molecule has 7 heteroatoms. The molecule has 0 saturated heterocycles. The highest BCUT2D eigenvalue weighted by molar-refractivity contribution is 7.17. The van der Waals surface area contributed by atoms with Gasteiger partial charge in [-0.1, -0.05) is 12.1 Å². The second kappa shape index (κ2) is 6.46. The monoisotopic (exact) mass is 352 g/mol. The minimum Gasteiger partial charge on any atom is -0.350 e. The van der Waals surface area contributed by atoms with Crippen LogP contribution in [0.25, 0.3) is 10.2 Å². The van der Waals surface area contributed by atoms with Crippen LogP contribution in [0.15, 0.2) is 53.5 Å². The van der Waals surface area contributed by atoms with Crippen molar-refractivity contribution < 1.29 is 4.79 Å². The number of anilines is 1. The molecule has 0 aliphatic rings. The Labute approximate surface area is 146 Å². The zero-order chi connectivity index (χ0) is 16.4. The number of rotatable bonds is 5. The molecule has 0 amide bonds. The Hall–Kier alpha value is -2.64. The third-order valence-corrected chi connectivity index (χ3v) is 5.22. The summed E-state index contributed by atoms with van der Waals surface area (Å²) in [7, 11) is 0. The molecule has 118 valence electrons. The van der Waals surface area contributed by atoms with Crippen molar-refractivity contribution in [1.82, 2.24) is 15.0 Å². The van der Waals surface area contributed by atoms with E-state index in [-0.39, 0.29) is 5.78 Å². The maximum absolute atomic E-state index is 12.7. The van der Waals surface area contributed by atoms with Gasteiger partial charge in [0.1, 0.15) is 5.69 Å². The lowest BCUT2D eigenvalue weighted by Crippen LogP contribution is -2.09. The fraction of sp³-hybridized carbons (Fsp3) is 0.0588. The first-order chi connectivity index (χ1) is 11.8. The Morgan fingerprint density at radius 1 is 1.08 bits per heavy atom. The molecule has 0 fully saturated rings. The number of hydrogen-bond donors (Lipinski definition) is 1. The Morgan fingerprint density at radius 3 is 2.83 bits per heavy atom. The van der Waals surface area contributed by atoms with Gasteiger partial charge in [-0.3, -0.25) is 9.78 Å². The largest absolute Gasteiger partial charge is 0.350 e. The van der Waals surface area contributed by atoms with Gasteiger partial charge in [0.2, 0.25) is 11.7 Å². The van der Waals surface area contributed by atoms with Crippen molar-refractivity contribution in [1.29, 1.82) is 0 Å². The van der Waals surface area contributed by atoms with Crippen LogP contribution in [-0.4, -0.2) is 20.7 Å². The summed E-state index contributed by atoms with van der Waals surface area (Å²) in [5.74, 6) is 0.383. The summed E-state index contributed by atoms with van der Waals surface area (Å²) in [5.41, 5.74) is 2.26. The normalized spacial score (nSPS) is 10.8. The van der Waals surface area contributed by atoms with E-state index in [4.69, 9.17) is 0 Å². The molecule has 4 heterocycles. The average molecular weight is 352 g/mol. The van der Waals surface area contributed by atoms with Crippen LogP contribution in [0.4, 0.5) is 5.95 Å². The van der Waals surface area contributed by atoms with E-state index in [1.807, 2.05) is 41.1 Å². The van der Waals surface area contributed by atoms with E-state index in [0.29, 0.717) is 23.1 Å². The van der Waals surface area contributed by atoms with Crippen LogP contribution in [0.5, 0.6) is 0 Å². The van der Waals surface area contributed by atoms with Crippen molar-refractivity contribution in [3.63, 3.8) is 0 Å². The maximum Gasteiger partial charge on any atom is 0.224 e. The lowest BCUT2D eigenvalue weighted by Gasteiger charge is -2.07. The van der Waals surface area contributed by atoms with E-state index >= 15 is 0 Å². The molecule has 0 radical (unpaired) electrons. The summed E-state index contributed by atoms with van der Waals surface area (Å²) in [6.45, 7) is 0.552. The second-order valence-corrected chi connectivity index (χ2v) is 6.92. The number of aromatic nitrogens is 3. The number of fused-ring (bicyclic) bond motifs is 1. The molecule has 0 aliphatic carbocycles. The van der Waals surface area contributed by atoms with Gasteiger partial charge in [-0.15, -0.1) is 22.7 Å². The third kappa shape index (κ3) is 2.91. The van der Waals surface area contributed by atoms with Gasteiger partial charge < -0.3 is 5.32 Å². The minimum atomic E-state index is -0.0655. The molecule has 4 aromatic heterocycles. The number of nitrogens with one attached hydrogen (secondary N) is 1. The van der Waals surface area contributed by atoms with Crippen molar-refractivity contribution in [2.75, 3.05) is 5.32 Å². The Kier molecular flexibility index (Phi) is 4.02. The van der Waals surface area contributed by atoms with Gasteiger partial charge in [0, 0.05) is 18.9 Å².